The lowest BCUT2D eigenvalue weighted by atomic mass is 10.3. The van der Waals surface area contributed by atoms with Crippen LogP contribution in [0, 0.1) is 0 Å². The predicted molar refractivity (Wildman–Crippen MR) is 72.0 cm³/mol. The van der Waals surface area contributed by atoms with Gasteiger partial charge in [0, 0.05) is 13.2 Å². The first-order valence-corrected chi connectivity index (χ1v) is 6.14. The van der Waals surface area contributed by atoms with E-state index in [9.17, 15) is 9.59 Å². The van der Waals surface area contributed by atoms with Crippen LogP contribution in [-0.2, 0) is 11.8 Å². The Morgan fingerprint density at radius 1 is 1.37 bits per heavy atom. The third-order valence-corrected chi connectivity index (χ3v) is 2.95. The zero-order valence-corrected chi connectivity index (χ0v) is 11.3. The summed E-state index contributed by atoms with van der Waals surface area (Å²) < 4.78 is 7.68. The molecule has 2 aromatic rings. The van der Waals surface area contributed by atoms with Crippen LogP contribution in [0.25, 0.3) is 5.69 Å². The van der Waals surface area contributed by atoms with Gasteiger partial charge >= 0.3 is 5.97 Å². The van der Waals surface area contributed by atoms with Crippen LogP contribution >= 0.6 is 11.6 Å². The van der Waals surface area contributed by atoms with E-state index < -0.39 is 11.5 Å². The molecule has 0 unspecified atom stereocenters. The highest BCUT2D eigenvalue weighted by Crippen LogP contribution is 2.18. The van der Waals surface area contributed by atoms with Crippen molar-refractivity contribution in [3.05, 3.63) is 51.4 Å². The molecule has 0 saturated heterocycles. The van der Waals surface area contributed by atoms with E-state index in [-0.39, 0.29) is 12.2 Å². The summed E-state index contributed by atoms with van der Waals surface area (Å²) in [5.74, 6) is -0.631. The fraction of sp³-hybridized carbons (Fsp3) is 0.231. The number of benzene rings is 1. The Balaban J connectivity index is 2.58. The van der Waals surface area contributed by atoms with E-state index in [1.165, 1.54) is 15.6 Å². The average molecular weight is 281 g/mol. The van der Waals surface area contributed by atoms with Gasteiger partial charge in [0.15, 0.2) is 0 Å². The van der Waals surface area contributed by atoms with Gasteiger partial charge in [-0.1, -0.05) is 23.7 Å². The van der Waals surface area contributed by atoms with Gasteiger partial charge in [-0.25, -0.2) is 9.48 Å². The number of ether oxygens (including phenoxy) is 1. The number of aryl methyl sites for hydroxylation is 1. The molecule has 0 N–H and O–H groups in total. The summed E-state index contributed by atoms with van der Waals surface area (Å²) >= 11 is 6.06. The van der Waals surface area contributed by atoms with Gasteiger partial charge in [-0.05, 0) is 19.1 Å². The normalized spacial score (nSPS) is 10.5. The lowest BCUT2D eigenvalue weighted by molar-refractivity contribution is 0.0524. The first kappa shape index (κ1) is 13.4. The Hall–Kier alpha value is -2.01. The second-order valence-electron chi connectivity index (χ2n) is 3.91. The van der Waals surface area contributed by atoms with Crippen LogP contribution < -0.4 is 5.56 Å². The maximum Gasteiger partial charge on any atom is 0.345 e. The standard InChI is InChI=1S/C13H13ClN2O3/c1-3-19-13(18)9-8-15(2)16(12(9)17)11-7-5-4-6-10(11)14/h4-8H,3H2,1-2H3. The molecule has 0 aliphatic carbocycles. The molecule has 19 heavy (non-hydrogen) atoms. The SMILES string of the molecule is CCOC(=O)c1cn(C)n(-c2ccccc2Cl)c1=O. The lowest BCUT2D eigenvalue weighted by Gasteiger charge is -2.07. The van der Waals surface area contributed by atoms with Crippen molar-refractivity contribution in [2.24, 2.45) is 7.05 Å². The molecule has 0 aliphatic rings. The third-order valence-electron chi connectivity index (χ3n) is 2.63. The second kappa shape index (κ2) is 5.32. The van der Waals surface area contributed by atoms with E-state index in [4.69, 9.17) is 16.3 Å². The molecular weight excluding hydrogens is 268 g/mol. The van der Waals surface area contributed by atoms with Crippen molar-refractivity contribution in [2.45, 2.75) is 6.92 Å². The first-order valence-electron chi connectivity index (χ1n) is 5.77. The highest BCUT2D eigenvalue weighted by molar-refractivity contribution is 6.32. The lowest BCUT2D eigenvalue weighted by Crippen LogP contribution is -2.23. The quantitative estimate of drug-likeness (QED) is 0.808. The molecule has 1 aromatic carbocycles. The second-order valence-corrected chi connectivity index (χ2v) is 4.31. The molecule has 1 heterocycles. The number of halogens is 1. The summed E-state index contributed by atoms with van der Waals surface area (Å²) in [6.45, 7) is 1.91. The molecule has 0 radical (unpaired) electrons. The van der Waals surface area contributed by atoms with Crippen LogP contribution in [0.5, 0.6) is 0 Å². The fourth-order valence-corrected chi connectivity index (χ4v) is 2.02. The van der Waals surface area contributed by atoms with Crippen molar-refractivity contribution in [2.75, 3.05) is 6.61 Å². The van der Waals surface area contributed by atoms with Crippen LogP contribution in [0.15, 0.2) is 35.3 Å². The van der Waals surface area contributed by atoms with E-state index in [1.54, 1.807) is 38.2 Å². The van der Waals surface area contributed by atoms with Crippen LogP contribution in [-0.4, -0.2) is 21.9 Å². The van der Waals surface area contributed by atoms with Crippen LogP contribution in [0.2, 0.25) is 5.02 Å². The smallest absolute Gasteiger partial charge is 0.345 e. The Bertz CT molecular complexity index is 673. The molecule has 100 valence electrons. The molecular formula is C13H13ClN2O3. The van der Waals surface area contributed by atoms with Gasteiger partial charge in [0.2, 0.25) is 0 Å². The Kier molecular flexibility index (Phi) is 3.76. The zero-order chi connectivity index (χ0) is 14.0. The molecule has 0 fully saturated rings. The molecule has 0 amide bonds. The van der Waals surface area contributed by atoms with E-state index >= 15 is 0 Å². The first-order chi connectivity index (χ1) is 9.06. The molecule has 0 bridgehead atoms. The number of rotatable bonds is 3. The van der Waals surface area contributed by atoms with Crippen LogP contribution in [0.1, 0.15) is 17.3 Å². The van der Waals surface area contributed by atoms with Crippen molar-refractivity contribution in [1.29, 1.82) is 0 Å². The van der Waals surface area contributed by atoms with Gasteiger partial charge in [0.1, 0.15) is 5.56 Å². The summed E-state index contributed by atoms with van der Waals surface area (Å²) in [5, 5.41) is 0.432. The minimum atomic E-state index is -0.631. The van der Waals surface area contributed by atoms with Crippen molar-refractivity contribution in [3.8, 4) is 5.69 Å². The van der Waals surface area contributed by atoms with E-state index in [1.807, 2.05) is 0 Å². The molecule has 0 saturated carbocycles. The molecule has 1 aromatic heterocycles. The maximum absolute atomic E-state index is 12.2. The van der Waals surface area contributed by atoms with Gasteiger partial charge in [-0.3, -0.25) is 9.48 Å². The molecule has 0 atom stereocenters. The van der Waals surface area contributed by atoms with Crippen molar-refractivity contribution >= 4 is 17.6 Å². The highest BCUT2D eigenvalue weighted by Gasteiger charge is 2.19. The number of esters is 1. The molecule has 2 rings (SSSR count). The summed E-state index contributed by atoms with van der Waals surface area (Å²) in [7, 11) is 1.66. The van der Waals surface area contributed by atoms with Crippen LogP contribution in [0.4, 0.5) is 0 Å². The predicted octanol–water partition coefficient (Wildman–Crippen LogP) is 2.01. The topological polar surface area (TPSA) is 53.2 Å². The average Bonchev–Trinajstić information content (AvgIpc) is 2.66. The monoisotopic (exact) mass is 280 g/mol. The summed E-state index contributed by atoms with van der Waals surface area (Å²) in [6.07, 6.45) is 1.43. The van der Waals surface area contributed by atoms with E-state index in [0.717, 1.165) is 0 Å². The van der Waals surface area contributed by atoms with Gasteiger partial charge in [-0.2, -0.15) is 0 Å². The van der Waals surface area contributed by atoms with E-state index in [0.29, 0.717) is 10.7 Å². The largest absolute Gasteiger partial charge is 0.462 e. The Morgan fingerprint density at radius 2 is 2.05 bits per heavy atom. The van der Waals surface area contributed by atoms with Gasteiger partial charge < -0.3 is 4.74 Å². The Labute approximate surface area is 115 Å². The number of carbonyl (C=O) groups is 1. The summed E-state index contributed by atoms with van der Waals surface area (Å²) in [4.78, 5) is 23.9. The van der Waals surface area contributed by atoms with E-state index in [2.05, 4.69) is 0 Å². The number of para-hydroxylation sites is 1. The number of carbonyl (C=O) groups excluding carboxylic acids is 1. The van der Waals surface area contributed by atoms with Gasteiger partial charge in [-0.15, -0.1) is 0 Å². The minimum absolute atomic E-state index is 0.00994. The van der Waals surface area contributed by atoms with Crippen molar-refractivity contribution in [3.63, 3.8) is 0 Å². The third kappa shape index (κ3) is 2.42. The Morgan fingerprint density at radius 3 is 2.68 bits per heavy atom. The van der Waals surface area contributed by atoms with Crippen molar-refractivity contribution in [1.82, 2.24) is 9.36 Å². The van der Waals surface area contributed by atoms with Crippen LogP contribution in [0.3, 0.4) is 0 Å². The highest BCUT2D eigenvalue weighted by atomic mass is 35.5. The summed E-state index contributed by atoms with van der Waals surface area (Å²) in [6, 6.07) is 6.93. The number of hydrogen-bond acceptors (Lipinski definition) is 3. The molecule has 6 heteroatoms. The zero-order valence-electron chi connectivity index (χ0n) is 10.6. The number of hydrogen-bond donors (Lipinski definition) is 0. The maximum atomic E-state index is 12.2. The van der Waals surface area contributed by atoms with Gasteiger partial charge in [0.05, 0.1) is 17.3 Å². The molecule has 5 nitrogen and oxygen atoms in total. The number of aromatic nitrogens is 2. The molecule has 0 aliphatic heterocycles. The van der Waals surface area contributed by atoms with Gasteiger partial charge in [0.25, 0.3) is 5.56 Å². The number of nitrogens with zero attached hydrogens (tertiary/aromatic N) is 2. The van der Waals surface area contributed by atoms with Crippen molar-refractivity contribution < 1.29 is 9.53 Å². The molecule has 0 spiro atoms. The summed E-state index contributed by atoms with van der Waals surface area (Å²) in [5.41, 5.74) is 0.0607. The fourth-order valence-electron chi connectivity index (χ4n) is 1.81. The minimum Gasteiger partial charge on any atom is -0.462 e.